The number of aromatic nitrogens is 2. The SMILES string of the molecule is Cc1[nH]c(C(c2ccccc2)(c2ccccc2)c2ccccc2)nc1C1CCN(c2ccc(C(=O)O)cc2[N+](=O)[O-])CC1. The maximum Gasteiger partial charge on any atom is 0.335 e. The van der Waals surface area contributed by atoms with E-state index in [9.17, 15) is 20.0 Å². The van der Waals surface area contributed by atoms with Crippen molar-refractivity contribution in [2.75, 3.05) is 18.0 Å². The molecule has 8 nitrogen and oxygen atoms in total. The van der Waals surface area contributed by atoms with Crippen molar-refractivity contribution in [1.29, 1.82) is 0 Å². The molecule has 1 saturated heterocycles. The summed E-state index contributed by atoms with van der Waals surface area (Å²) < 4.78 is 0. The number of piperidine rings is 1. The molecule has 1 aliphatic rings. The summed E-state index contributed by atoms with van der Waals surface area (Å²) in [5.41, 5.74) is 4.86. The van der Waals surface area contributed by atoms with Crippen molar-refractivity contribution in [2.45, 2.75) is 31.1 Å². The van der Waals surface area contributed by atoms with Gasteiger partial charge in [0.2, 0.25) is 0 Å². The van der Waals surface area contributed by atoms with Crippen LogP contribution in [0.3, 0.4) is 0 Å². The fraction of sp³-hybridized carbons (Fsp3) is 0.200. The second kappa shape index (κ2) is 11.6. The van der Waals surface area contributed by atoms with Gasteiger partial charge in [-0.15, -0.1) is 0 Å². The highest BCUT2D eigenvalue weighted by atomic mass is 16.6. The van der Waals surface area contributed by atoms with E-state index in [1.54, 1.807) is 6.07 Å². The van der Waals surface area contributed by atoms with Crippen LogP contribution in [0.25, 0.3) is 0 Å². The smallest absolute Gasteiger partial charge is 0.335 e. The summed E-state index contributed by atoms with van der Waals surface area (Å²) in [6.45, 7) is 3.26. The lowest BCUT2D eigenvalue weighted by atomic mass is 9.69. The number of aryl methyl sites for hydroxylation is 1. The predicted molar refractivity (Wildman–Crippen MR) is 166 cm³/mol. The summed E-state index contributed by atoms with van der Waals surface area (Å²) in [5.74, 6) is -0.166. The van der Waals surface area contributed by atoms with Gasteiger partial charge in [0.25, 0.3) is 5.69 Å². The second-order valence-electron chi connectivity index (χ2n) is 11.0. The van der Waals surface area contributed by atoms with Gasteiger partial charge in [-0.1, -0.05) is 91.0 Å². The Morgan fingerprint density at radius 3 is 1.86 bits per heavy atom. The Morgan fingerprint density at radius 1 is 0.884 bits per heavy atom. The van der Waals surface area contributed by atoms with E-state index < -0.39 is 16.3 Å². The van der Waals surface area contributed by atoms with E-state index in [-0.39, 0.29) is 17.2 Å². The Kier molecular flexibility index (Phi) is 7.50. The molecule has 1 aromatic heterocycles. The predicted octanol–water partition coefficient (Wildman–Crippen LogP) is 7.09. The van der Waals surface area contributed by atoms with Crippen molar-refractivity contribution in [3.8, 4) is 0 Å². The first kappa shape index (κ1) is 27.9. The van der Waals surface area contributed by atoms with Gasteiger partial charge in [-0.2, -0.15) is 0 Å². The average Bonchev–Trinajstić information content (AvgIpc) is 3.44. The summed E-state index contributed by atoms with van der Waals surface area (Å²) in [4.78, 5) is 33.7. The van der Waals surface area contributed by atoms with Gasteiger partial charge < -0.3 is 15.0 Å². The lowest BCUT2D eigenvalue weighted by Gasteiger charge is -2.34. The minimum Gasteiger partial charge on any atom is -0.478 e. The van der Waals surface area contributed by atoms with Gasteiger partial charge in [-0.05, 0) is 48.6 Å². The number of carboxylic acid groups (broad SMARTS) is 1. The molecule has 43 heavy (non-hydrogen) atoms. The molecule has 6 rings (SSSR count). The quantitative estimate of drug-likeness (QED) is 0.117. The number of carboxylic acids is 1. The summed E-state index contributed by atoms with van der Waals surface area (Å²) in [5, 5.41) is 21.1. The number of aromatic amines is 1. The number of carbonyl (C=O) groups is 1. The maximum atomic E-state index is 11.8. The number of rotatable bonds is 8. The number of H-pyrrole nitrogens is 1. The number of nitro benzene ring substituents is 1. The molecule has 4 aromatic carbocycles. The van der Waals surface area contributed by atoms with Crippen LogP contribution < -0.4 is 4.90 Å². The van der Waals surface area contributed by atoms with Crippen LogP contribution in [0.5, 0.6) is 0 Å². The van der Waals surface area contributed by atoms with Gasteiger partial charge in [-0.25, -0.2) is 9.78 Å². The van der Waals surface area contributed by atoms with Gasteiger partial charge in [0, 0.05) is 30.8 Å². The Balaban J connectivity index is 1.37. The number of benzene rings is 4. The highest BCUT2D eigenvalue weighted by molar-refractivity contribution is 5.89. The van der Waals surface area contributed by atoms with Crippen LogP contribution in [0.2, 0.25) is 0 Å². The zero-order chi connectivity index (χ0) is 30.0. The monoisotopic (exact) mass is 572 g/mol. The van der Waals surface area contributed by atoms with Crippen LogP contribution in [0.4, 0.5) is 11.4 Å². The van der Waals surface area contributed by atoms with Crippen LogP contribution in [-0.2, 0) is 5.41 Å². The van der Waals surface area contributed by atoms with Gasteiger partial charge in [-0.3, -0.25) is 10.1 Å². The van der Waals surface area contributed by atoms with E-state index in [2.05, 4.69) is 84.7 Å². The third kappa shape index (κ3) is 5.05. The van der Waals surface area contributed by atoms with Crippen molar-refractivity contribution in [2.24, 2.45) is 0 Å². The van der Waals surface area contributed by atoms with Crippen LogP contribution in [-0.4, -0.2) is 39.1 Å². The van der Waals surface area contributed by atoms with Crippen molar-refractivity contribution in [3.63, 3.8) is 0 Å². The maximum absolute atomic E-state index is 11.8. The molecule has 2 heterocycles. The van der Waals surface area contributed by atoms with E-state index in [1.807, 2.05) is 23.1 Å². The minimum absolute atomic E-state index is 0.0938. The van der Waals surface area contributed by atoms with E-state index in [0.29, 0.717) is 18.8 Å². The highest BCUT2D eigenvalue weighted by Crippen LogP contribution is 2.45. The molecule has 0 spiro atoms. The Bertz CT molecular complexity index is 1650. The Hall–Kier alpha value is -5.24. The molecule has 0 saturated carbocycles. The normalized spacial score (nSPS) is 14.0. The van der Waals surface area contributed by atoms with E-state index in [4.69, 9.17) is 4.98 Å². The van der Waals surface area contributed by atoms with Crippen LogP contribution in [0.1, 0.15) is 63.0 Å². The molecule has 0 unspecified atom stereocenters. The first-order valence-electron chi connectivity index (χ1n) is 14.4. The molecule has 0 aliphatic carbocycles. The van der Waals surface area contributed by atoms with E-state index >= 15 is 0 Å². The molecule has 0 bridgehead atoms. The molecule has 8 heteroatoms. The van der Waals surface area contributed by atoms with E-state index in [1.165, 1.54) is 6.07 Å². The number of nitrogens with one attached hydrogen (secondary N) is 1. The van der Waals surface area contributed by atoms with E-state index in [0.717, 1.165) is 52.8 Å². The molecular weight excluding hydrogens is 540 g/mol. The van der Waals surface area contributed by atoms with Crippen molar-refractivity contribution < 1.29 is 14.8 Å². The molecule has 216 valence electrons. The topological polar surface area (TPSA) is 112 Å². The molecule has 5 aromatic rings. The van der Waals surface area contributed by atoms with Crippen molar-refractivity contribution in [3.05, 3.63) is 159 Å². The lowest BCUT2D eigenvalue weighted by Crippen LogP contribution is -2.34. The summed E-state index contributed by atoms with van der Waals surface area (Å²) >= 11 is 0. The molecule has 0 amide bonds. The zero-order valence-electron chi connectivity index (χ0n) is 23.8. The largest absolute Gasteiger partial charge is 0.478 e. The lowest BCUT2D eigenvalue weighted by molar-refractivity contribution is -0.384. The van der Waals surface area contributed by atoms with Crippen LogP contribution in [0, 0.1) is 17.0 Å². The number of imidazole rings is 1. The van der Waals surface area contributed by atoms with Gasteiger partial charge >= 0.3 is 5.97 Å². The Morgan fingerprint density at radius 2 is 1.40 bits per heavy atom. The number of hydrogen-bond acceptors (Lipinski definition) is 5. The van der Waals surface area contributed by atoms with Crippen molar-refractivity contribution in [1.82, 2.24) is 9.97 Å². The van der Waals surface area contributed by atoms with Crippen LogP contribution >= 0.6 is 0 Å². The molecule has 0 radical (unpaired) electrons. The molecular formula is C35H32N4O4. The van der Waals surface area contributed by atoms with Gasteiger partial charge in [0.15, 0.2) is 0 Å². The second-order valence-corrected chi connectivity index (χ2v) is 11.0. The Labute approximate surface area is 249 Å². The molecule has 2 N–H and O–H groups in total. The molecule has 1 fully saturated rings. The summed E-state index contributed by atoms with van der Waals surface area (Å²) in [6.07, 6.45) is 1.52. The molecule has 0 atom stereocenters. The van der Waals surface area contributed by atoms with Gasteiger partial charge in [0.1, 0.15) is 16.9 Å². The number of hydrogen-bond donors (Lipinski definition) is 2. The zero-order valence-corrected chi connectivity index (χ0v) is 23.8. The minimum atomic E-state index is -1.18. The summed E-state index contributed by atoms with van der Waals surface area (Å²) in [6, 6.07) is 35.5. The fourth-order valence-electron chi connectivity index (χ4n) is 6.49. The fourth-order valence-corrected chi connectivity index (χ4v) is 6.49. The first-order valence-corrected chi connectivity index (χ1v) is 14.4. The van der Waals surface area contributed by atoms with Crippen LogP contribution in [0.15, 0.2) is 109 Å². The third-order valence-electron chi connectivity index (χ3n) is 8.54. The van der Waals surface area contributed by atoms with Crippen molar-refractivity contribution >= 4 is 17.3 Å². The number of nitrogens with zero attached hydrogens (tertiary/aromatic N) is 3. The third-order valence-corrected chi connectivity index (χ3v) is 8.54. The molecule has 1 aliphatic heterocycles. The summed E-state index contributed by atoms with van der Waals surface area (Å²) in [7, 11) is 0. The number of aromatic carboxylic acids is 1. The number of anilines is 1. The highest BCUT2D eigenvalue weighted by Gasteiger charge is 2.42. The standard InChI is InChI=1S/C35H32N4O4/c1-24-32(25-19-21-38(22-20-25)30-18-17-26(33(40)41)23-31(30)39(42)43)37-34(36-24)35(27-11-5-2-6-12-27,28-13-7-3-8-14-28)29-15-9-4-10-16-29/h2-18,23,25H,19-22H2,1H3,(H,36,37)(H,40,41). The first-order chi connectivity index (χ1) is 20.9. The number of nitro groups is 1. The van der Waals surface area contributed by atoms with Gasteiger partial charge in [0.05, 0.1) is 16.2 Å². The average molecular weight is 573 g/mol.